The van der Waals surface area contributed by atoms with Crippen LogP contribution in [0.1, 0.15) is 34.4 Å². The molecule has 1 unspecified atom stereocenters. The summed E-state index contributed by atoms with van der Waals surface area (Å²) in [7, 11) is 0.805. The smallest absolute Gasteiger partial charge is 0.283 e. The molecule has 1 aromatic carbocycles. The van der Waals surface area contributed by atoms with Crippen molar-refractivity contribution >= 4 is 44.1 Å². The Hall–Kier alpha value is -2.53. The van der Waals surface area contributed by atoms with Crippen LogP contribution in [0.5, 0.6) is 5.75 Å². The normalized spacial score (nSPS) is 11.4. The number of amides is 1. The minimum Gasteiger partial charge on any atom is -0.426 e. The van der Waals surface area contributed by atoms with Crippen LogP contribution in [0.3, 0.4) is 0 Å². The molecule has 168 valence electrons. The van der Waals surface area contributed by atoms with Crippen molar-refractivity contribution in [1.82, 2.24) is 10.1 Å². The second-order valence-electron chi connectivity index (χ2n) is 6.52. The lowest BCUT2D eigenvalue weighted by Crippen LogP contribution is -2.24. The molecule has 0 saturated carbocycles. The first-order valence-corrected chi connectivity index (χ1v) is 12.5. The molecule has 2 aromatic rings. The third kappa shape index (κ3) is 6.04. The van der Waals surface area contributed by atoms with E-state index in [9.17, 15) is 25.1 Å². The van der Waals surface area contributed by atoms with Gasteiger partial charge in [-0.3, -0.25) is 9.88 Å². The van der Waals surface area contributed by atoms with Crippen molar-refractivity contribution in [3.63, 3.8) is 0 Å². The fourth-order valence-corrected chi connectivity index (χ4v) is 4.75. The maximum absolute atomic E-state index is 12.8. The average molecular weight is 492 g/mol. The highest BCUT2D eigenvalue weighted by Gasteiger charge is 2.28. The molecule has 0 radical (unpaired) electrons. The summed E-state index contributed by atoms with van der Waals surface area (Å²) < 4.78 is 5.36. The van der Waals surface area contributed by atoms with E-state index in [1.54, 1.807) is 49.5 Å². The zero-order valence-electron chi connectivity index (χ0n) is 17.9. The molecule has 1 aromatic heterocycles. The summed E-state index contributed by atoms with van der Waals surface area (Å²) in [6, 6.07) is 11.0. The highest BCUT2D eigenvalue weighted by molar-refractivity contribution is 8.00. The minimum absolute atomic E-state index is 0.218. The van der Waals surface area contributed by atoms with Gasteiger partial charge in [0.25, 0.3) is 8.53 Å². The van der Waals surface area contributed by atoms with E-state index in [0.29, 0.717) is 34.7 Å². The van der Waals surface area contributed by atoms with Crippen LogP contribution in [-0.4, -0.2) is 41.0 Å². The predicted molar refractivity (Wildman–Crippen MR) is 126 cm³/mol. The first-order valence-electron chi connectivity index (χ1n) is 9.27. The van der Waals surface area contributed by atoms with Crippen molar-refractivity contribution < 1.29 is 18.8 Å². The second kappa shape index (κ2) is 11.9. The van der Waals surface area contributed by atoms with Crippen LogP contribution in [0, 0.1) is 22.7 Å². The molecule has 3 N–H and O–H groups in total. The summed E-state index contributed by atoms with van der Waals surface area (Å²) in [5.74, 6) is 0.332. The number of carbonyl (C=O) groups is 1. The predicted octanol–water partition coefficient (Wildman–Crippen LogP) is 3.27. The van der Waals surface area contributed by atoms with Gasteiger partial charge in [0.15, 0.2) is 0 Å². The average Bonchev–Trinajstić information content (AvgIpc) is 2.76. The third-order valence-electron chi connectivity index (χ3n) is 4.29. The topological polar surface area (TPSA) is 142 Å². The largest absolute Gasteiger partial charge is 0.426 e. The number of benzene rings is 1. The molecule has 0 aliphatic heterocycles. The molecule has 1 amide bonds. The first-order chi connectivity index (χ1) is 15.3. The van der Waals surface area contributed by atoms with Crippen molar-refractivity contribution in [2.75, 3.05) is 25.3 Å². The molecule has 0 spiro atoms. The molecule has 1 heterocycles. The Labute approximate surface area is 196 Å². The Kier molecular flexibility index (Phi) is 9.58. The van der Waals surface area contributed by atoms with Gasteiger partial charge in [0, 0.05) is 20.4 Å². The SMILES string of the molecule is CCc1c(C#N)c(SC(C(=O)NP(O)O)c2ccc(OSC)cc2)nc(N(C)C)c1C#N. The van der Waals surface area contributed by atoms with Crippen molar-refractivity contribution in [2.45, 2.75) is 23.6 Å². The summed E-state index contributed by atoms with van der Waals surface area (Å²) in [5.41, 5.74) is 1.63. The van der Waals surface area contributed by atoms with Gasteiger partial charge in [0.1, 0.15) is 34.0 Å². The van der Waals surface area contributed by atoms with E-state index in [1.165, 1.54) is 12.0 Å². The van der Waals surface area contributed by atoms with Crippen LogP contribution in [-0.2, 0) is 11.2 Å². The number of pyridine rings is 1. The van der Waals surface area contributed by atoms with Crippen molar-refractivity contribution in [1.29, 1.82) is 10.5 Å². The Morgan fingerprint density at radius 3 is 2.34 bits per heavy atom. The molecule has 0 saturated heterocycles. The summed E-state index contributed by atoms with van der Waals surface area (Å²) in [6.07, 6.45) is 2.21. The van der Waals surface area contributed by atoms with Gasteiger partial charge in [-0.2, -0.15) is 10.5 Å². The fraction of sp³-hybridized carbons (Fsp3) is 0.300. The van der Waals surface area contributed by atoms with Gasteiger partial charge in [-0.05, 0) is 29.7 Å². The van der Waals surface area contributed by atoms with Gasteiger partial charge < -0.3 is 18.9 Å². The molecule has 0 aliphatic carbocycles. The monoisotopic (exact) mass is 491 g/mol. The van der Waals surface area contributed by atoms with Crippen LogP contribution in [0.25, 0.3) is 0 Å². The summed E-state index contributed by atoms with van der Waals surface area (Å²) >= 11 is 2.18. The lowest BCUT2D eigenvalue weighted by Gasteiger charge is -2.21. The number of hydrogen-bond donors (Lipinski definition) is 3. The fourth-order valence-electron chi connectivity index (χ4n) is 2.93. The van der Waals surface area contributed by atoms with E-state index in [4.69, 9.17) is 4.18 Å². The highest BCUT2D eigenvalue weighted by atomic mass is 32.2. The molecule has 0 aliphatic rings. The van der Waals surface area contributed by atoms with E-state index in [0.717, 1.165) is 11.8 Å². The maximum Gasteiger partial charge on any atom is 0.283 e. The minimum atomic E-state index is -2.67. The van der Waals surface area contributed by atoms with Gasteiger partial charge in [-0.15, -0.1) is 0 Å². The molecule has 1 atom stereocenters. The van der Waals surface area contributed by atoms with Gasteiger partial charge in [-0.25, -0.2) is 4.98 Å². The van der Waals surface area contributed by atoms with Gasteiger partial charge in [0.05, 0.1) is 23.2 Å². The van der Waals surface area contributed by atoms with Crippen LogP contribution >= 0.6 is 32.3 Å². The number of aromatic nitrogens is 1. The summed E-state index contributed by atoms with van der Waals surface area (Å²) in [4.78, 5) is 37.6. The second-order valence-corrected chi connectivity index (χ2v) is 8.92. The van der Waals surface area contributed by atoms with Crippen LogP contribution in [0.4, 0.5) is 5.82 Å². The number of anilines is 1. The number of thioether (sulfide) groups is 1. The highest BCUT2D eigenvalue weighted by Crippen LogP contribution is 2.41. The molecular weight excluding hydrogens is 469 g/mol. The number of hydrogen-bond acceptors (Lipinski definition) is 10. The molecule has 9 nitrogen and oxygen atoms in total. The van der Waals surface area contributed by atoms with Crippen LogP contribution in [0.2, 0.25) is 0 Å². The molecule has 0 bridgehead atoms. The van der Waals surface area contributed by atoms with Gasteiger partial charge in [-0.1, -0.05) is 30.8 Å². The molecule has 12 heteroatoms. The van der Waals surface area contributed by atoms with E-state index < -0.39 is 19.7 Å². The summed E-state index contributed by atoms with van der Waals surface area (Å²) in [6.45, 7) is 1.84. The van der Waals surface area contributed by atoms with Crippen molar-refractivity contribution in [3.05, 3.63) is 46.5 Å². The lowest BCUT2D eigenvalue weighted by molar-refractivity contribution is -0.119. The molecular formula is C20H22N5O4PS2. The number of nitrogens with zero attached hydrogens (tertiary/aromatic N) is 4. The van der Waals surface area contributed by atoms with E-state index in [1.807, 2.05) is 6.92 Å². The number of nitrogens with one attached hydrogen (secondary N) is 1. The zero-order valence-corrected chi connectivity index (χ0v) is 20.4. The number of carbonyl (C=O) groups excluding carboxylic acids is 1. The van der Waals surface area contributed by atoms with Crippen molar-refractivity contribution in [3.8, 4) is 17.9 Å². The molecule has 32 heavy (non-hydrogen) atoms. The number of rotatable bonds is 9. The summed E-state index contributed by atoms with van der Waals surface area (Å²) in [5, 5.41) is 20.9. The lowest BCUT2D eigenvalue weighted by atomic mass is 10.0. The maximum atomic E-state index is 12.8. The third-order valence-corrected chi connectivity index (χ3v) is 6.31. The first kappa shape index (κ1) is 25.7. The van der Waals surface area contributed by atoms with Gasteiger partial charge in [0.2, 0.25) is 5.91 Å². The van der Waals surface area contributed by atoms with Crippen LogP contribution in [0.15, 0.2) is 29.3 Å². The zero-order chi connectivity index (χ0) is 23.8. The van der Waals surface area contributed by atoms with Crippen molar-refractivity contribution in [2.24, 2.45) is 0 Å². The van der Waals surface area contributed by atoms with E-state index in [-0.39, 0.29) is 10.6 Å². The molecule has 0 fully saturated rings. The number of nitriles is 2. The quantitative estimate of drug-likeness (QED) is 0.272. The Balaban J connectivity index is 2.62. The Morgan fingerprint density at radius 1 is 1.25 bits per heavy atom. The molecule has 2 rings (SSSR count). The van der Waals surface area contributed by atoms with E-state index >= 15 is 0 Å². The van der Waals surface area contributed by atoms with E-state index in [2.05, 4.69) is 22.2 Å². The standard InChI is InChI=1S/C20H22N5O4PS2/c1-5-14-15(10-21)18(25(2)3)23-20(16(14)11-22)32-17(19(26)24-30(27)28)12-6-8-13(9-7-12)29-31-4/h6-9,17,27-28H,5H2,1-4H3,(H,24,26). The Bertz CT molecular complexity index is 1050. The van der Waals surface area contributed by atoms with Gasteiger partial charge >= 0.3 is 0 Å². The Morgan fingerprint density at radius 2 is 1.88 bits per heavy atom. The van der Waals surface area contributed by atoms with Crippen LogP contribution < -0.4 is 14.2 Å².